The fraction of sp³-hybridized carbons (Fsp3) is 0.714. The molecule has 0 N–H and O–H groups in total. The van der Waals surface area contributed by atoms with E-state index in [-0.39, 0.29) is 12.0 Å². The molecule has 0 aliphatic rings. The van der Waals surface area contributed by atoms with E-state index in [2.05, 4.69) is 0 Å². The lowest BCUT2D eigenvalue weighted by atomic mass is 9.90. The molecule has 1 radical (unpaired) electrons. The van der Waals surface area contributed by atoms with Crippen LogP contribution in [0.25, 0.3) is 0 Å². The van der Waals surface area contributed by atoms with Gasteiger partial charge in [0.15, 0.2) is 0 Å². The highest BCUT2D eigenvalue weighted by Crippen LogP contribution is 2.03. The van der Waals surface area contributed by atoms with E-state index in [0.29, 0.717) is 6.19 Å². The standard InChI is InChI=1S/C7H13BNO2/c1-6(2)7(4-10)9(3)8-5-11/h4-7H,1-3H3/t7-/m1/s1. The smallest absolute Gasteiger partial charge is 0.293 e. The van der Waals surface area contributed by atoms with E-state index in [0.717, 1.165) is 6.29 Å². The molecule has 0 amide bonds. The van der Waals surface area contributed by atoms with Gasteiger partial charge in [-0.3, -0.25) is 0 Å². The Morgan fingerprint density at radius 3 is 2.18 bits per heavy atom. The van der Waals surface area contributed by atoms with Gasteiger partial charge in [-0.1, -0.05) is 13.8 Å². The van der Waals surface area contributed by atoms with Crippen LogP contribution in [0, 0.1) is 5.92 Å². The van der Waals surface area contributed by atoms with Crippen LogP contribution in [-0.4, -0.2) is 37.8 Å². The summed E-state index contributed by atoms with van der Waals surface area (Å²) in [5.74, 6) is 0.230. The van der Waals surface area contributed by atoms with Gasteiger partial charge in [-0.05, 0) is 13.0 Å². The summed E-state index contributed by atoms with van der Waals surface area (Å²) in [7, 11) is 3.08. The van der Waals surface area contributed by atoms with Crippen molar-refractivity contribution in [1.82, 2.24) is 4.81 Å². The summed E-state index contributed by atoms with van der Waals surface area (Å²) in [5.41, 5.74) is 0. The van der Waals surface area contributed by atoms with Crippen LogP contribution in [0.1, 0.15) is 13.8 Å². The molecule has 0 unspecified atom stereocenters. The number of likely N-dealkylation sites (N-methyl/N-ethyl adjacent to an activating group) is 1. The fourth-order valence-electron chi connectivity index (χ4n) is 0.919. The zero-order valence-electron chi connectivity index (χ0n) is 7.15. The van der Waals surface area contributed by atoms with Crippen LogP contribution in [0.4, 0.5) is 0 Å². The van der Waals surface area contributed by atoms with Crippen molar-refractivity contribution >= 4 is 19.9 Å². The third kappa shape index (κ3) is 3.32. The minimum atomic E-state index is -0.194. The molecule has 1 atom stereocenters. The first-order valence-electron chi connectivity index (χ1n) is 3.59. The number of carbonyl (C=O) groups excluding carboxylic acids is 2. The summed E-state index contributed by atoms with van der Waals surface area (Å²) in [6.45, 7) is 3.88. The molecule has 0 aromatic carbocycles. The molecule has 0 heterocycles. The van der Waals surface area contributed by atoms with E-state index in [1.54, 1.807) is 11.9 Å². The Balaban J connectivity index is 4.01. The van der Waals surface area contributed by atoms with Crippen LogP contribution in [0.5, 0.6) is 0 Å². The van der Waals surface area contributed by atoms with Gasteiger partial charge in [0.05, 0.1) is 12.2 Å². The normalized spacial score (nSPS) is 13.2. The lowest BCUT2D eigenvalue weighted by Gasteiger charge is -2.23. The zero-order valence-corrected chi connectivity index (χ0v) is 7.15. The van der Waals surface area contributed by atoms with Gasteiger partial charge >= 0.3 is 0 Å². The van der Waals surface area contributed by atoms with Crippen LogP contribution in [0.2, 0.25) is 0 Å². The highest BCUT2D eigenvalue weighted by Gasteiger charge is 2.17. The molecular formula is C7H13BNO2. The molecule has 0 bridgehead atoms. The van der Waals surface area contributed by atoms with E-state index in [4.69, 9.17) is 0 Å². The van der Waals surface area contributed by atoms with E-state index in [9.17, 15) is 9.59 Å². The summed E-state index contributed by atoms with van der Waals surface area (Å²) in [6, 6.07) is -0.194. The summed E-state index contributed by atoms with van der Waals surface area (Å²) >= 11 is 0. The number of aldehydes is 1. The van der Waals surface area contributed by atoms with Crippen molar-refractivity contribution in [2.24, 2.45) is 5.92 Å². The van der Waals surface area contributed by atoms with E-state index in [1.165, 1.54) is 7.41 Å². The van der Waals surface area contributed by atoms with Crippen molar-refractivity contribution in [3.8, 4) is 0 Å². The molecular weight excluding hydrogens is 141 g/mol. The molecule has 0 fully saturated rings. The molecule has 0 saturated heterocycles. The third-order valence-corrected chi connectivity index (χ3v) is 1.59. The molecule has 0 saturated carbocycles. The van der Waals surface area contributed by atoms with E-state index in [1.807, 2.05) is 13.8 Å². The van der Waals surface area contributed by atoms with Crippen molar-refractivity contribution in [3.63, 3.8) is 0 Å². The first kappa shape index (κ1) is 10.4. The summed E-state index contributed by atoms with van der Waals surface area (Å²) in [4.78, 5) is 22.1. The number of rotatable bonds is 5. The number of hydrogen-bond acceptors (Lipinski definition) is 3. The van der Waals surface area contributed by atoms with Crippen LogP contribution in [0.15, 0.2) is 0 Å². The second-order valence-electron chi connectivity index (χ2n) is 2.82. The Morgan fingerprint density at radius 1 is 1.36 bits per heavy atom. The lowest BCUT2D eigenvalue weighted by Crippen LogP contribution is -2.40. The van der Waals surface area contributed by atoms with Crippen LogP contribution < -0.4 is 0 Å². The predicted octanol–water partition coefficient (Wildman–Crippen LogP) is -0.0489. The van der Waals surface area contributed by atoms with Crippen LogP contribution in [0.3, 0.4) is 0 Å². The Morgan fingerprint density at radius 2 is 1.91 bits per heavy atom. The minimum absolute atomic E-state index is 0.194. The molecule has 0 aliphatic heterocycles. The molecule has 0 aliphatic carbocycles. The molecule has 0 spiro atoms. The summed E-state index contributed by atoms with van der Waals surface area (Å²) < 4.78 is 0. The highest BCUT2D eigenvalue weighted by atomic mass is 16.1. The quantitative estimate of drug-likeness (QED) is 0.411. The maximum absolute atomic E-state index is 10.5. The van der Waals surface area contributed by atoms with Gasteiger partial charge in [-0.2, -0.15) is 0 Å². The SMILES string of the molecule is CC(C)[C@@H](C=O)N(C)[B]C=O. The van der Waals surface area contributed by atoms with Gasteiger partial charge in [0.25, 0.3) is 7.41 Å². The molecule has 0 aromatic heterocycles. The van der Waals surface area contributed by atoms with Crippen molar-refractivity contribution in [3.05, 3.63) is 0 Å². The van der Waals surface area contributed by atoms with Crippen LogP contribution >= 0.6 is 0 Å². The second kappa shape index (κ2) is 5.07. The average molecular weight is 154 g/mol. The topological polar surface area (TPSA) is 37.4 Å². The van der Waals surface area contributed by atoms with Crippen molar-refractivity contribution < 1.29 is 9.59 Å². The highest BCUT2D eigenvalue weighted by molar-refractivity contribution is 6.64. The van der Waals surface area contributed by atoms with E-state index >= 15 is 0 Å². The lowest BCUT2D eigenvalue weighted by molar-refractivity contribution is -0.111. The Labute approximate surface area is 68.0 Å². The first-order valence-corrected chi connectivity index (χ1v) is 3.59. The Kier molecular flexibility index (Phi) is 4.78. The van der Waals surface area contributed by atoms with Gasteiger partial charge in [-0.25, -0.2) is 0 Å². The summed E-state index contributed by atoms with van der Waals surface area (Å²) in [5, 5.41) is 0. The van der Waals surface area contributed by atoms with Gasteiger partial charge in [0.2, 0.25) is 0 Å². The summed E-state index contributed by atoms with van der Waals surface area (Å²) in [6.07, 6.45) is 1.53. The van der Waals surface area contributed by atoms with Gasteiger partial charge in [-0.15, -0.1) is 0 Å². The zero-order chi connectivity index (χ0) is 8.85. The van der Waals surface area contributed by atoms with Crippen LogP contribution in [-0.2, 0) is 9.59 Å². The molecule has 61 valence electrons. The number of carbonyl (C=O) groups is 2. The molecule has 0 aromatic rings. The third-order valence-electron chi connectivity index (χ3n) is 1.59. The van der Waals surface area contributed by atoms with Crippen molar-refractivity contribution in [2.45, 2.75) is 19.9 Å². The predicted molar refractivity (Wildman–Crippen MR) is 45.0 cm³/mol. The molecule has 3 nitrogen and oxygen atoms in total. The maximum Gasteiger partial charge on any atom is 0.293 e. The average Bonchev–Trinajstić information content (AvgIpc) is 1.88. The van der Waals surface area contributed by atoms with E-state index < -0.39 is 0 Å². The molecule has 0 rings (SSSR count). The minimum Gasteiger partial charge on any atom is -0.334 e. The molecule has 4 heteroatoms. The monoisotopic (exact) mass is 154 g/mol. The Hall–Kier alpha value is -0.635. The van der Waals surface area contributed by atoms with Gasteiger partial charge in [0.1, 0.15) is 6.29 Å². The van der Waals surface area contributed by atoms with Gasteiger partial charge in [0, 0.05) is 0 Å². The largest absolute Gasteiger partial charge is 0.334 e. The first-order chi connectivity index (χ1) is 5.13. The molecule has 11 heavy (non-hydrogen) atoms. The fourth-order valence-corrected chi connectivity index (χ4v) is 0.919. The Bertz CT molecular complexity index is 138. The van der Waals surface area contributed by atoms with Crippen molar-refractivity contribution in [2.75, 3.05) is 7.05 Å². The second-order valence-corrected chi connectivity index (χ2v) is 2.82. The number of hydrogen-bond donors (Lipinski definition) is 0. The number of nitrogens with zero attached hydrogens (tertiary/aromatic N) is 1. The van der Waals surface area contributed by atoms with Crippen molar-refractivity contribution in [1.29, 1.82) is 0 Å². The maximum atomic E-state index is 10.5. The van der Waals surface area contributed by atoms with Gasteiger partial charge < -0.3 is 14.4 Å².